The Bertz CT molecular complexity index is 986. The van der Waals surface area contributed by atoms with Gasteiger partial charge < -0.3 is 19.5 Å². The molecule has 3 heterocycles. The van der Waals surface area contributed by atoms with Gasteiger partial charge in [0.1, 0.15) is 23.7 Å². The Morgan fingerprint density at radius 3 is 2.63 bits per heavy atom. The van der Waals surface area contributed by atoms with Crippen LogP contribution in [0.3, 0.4) is 0 Å². The Morgan fingerprint density at radius 1 is 1.10 bits per heavy atom. The molecule has 1 aromatic carbocycles. The van der Waals surface area contributed by atoms with Crippen molar-refractivity contribution >= 4 is 11.7 Å². The molecule has 30 heavy (non-hydrogen) atoms. The van der Waals surface area contributed by atoms with Crippen molar-refractivity contribution < 1.29 is 19.0 Å². The second kappa shape index (κ2) is 8.05. The normalized spacial score (nSPS) is 25.2. The summed E-state index contributed by atoms with van der Waals surface area (Å²) in [7, 11) is 0. The van der Waals surface area contributed by atoms with Crippen molar-refractivity contribution in [2.24, 2.45) is 17.8 Å². The van der Waals surface area contributed by atoms with E-state index in [4.69, 9.17) is 14.2 Å². The third kappa shape index (κ3) is 3.76. The predicted octanol–water partition coefficient (Wildman–Crippen LogP) is 3.01. The molecule has 2 saturated heterocycles. The molecule has 1 amide bonds. The molecule has 0 unspecified atom stereocenters. The number of carbonyl (C=O) groups is 1. The highest BCUT2D eigenvalue weighted by atomic mass is 16.5. The summed E-state index contributed by atoms with van der Waals surface area (Å²) in [5.74, 6) is 1.87. The molecular formula is C23H23N3O4. The number of amides is 1. The number of pyridine rings is 1. The number of nitrogens with one attached hydrogen (secondary N) is 1. The van der Waals surface area contributed by atoms with Crippen molar-refractivity contribution in [3.63, 3.8) is 0 Å². The number of benzene rings is 1. The van der Waals surface area contributed by atoms with Crippen LogP contribution in [0.5, 0.6) is 5.75 Å². The van der Waals surface area contributed by atoms with Crippen molar-refractivity contribution in [2.45, 2.75) is 18.9 Å². The highest BCUT2D eigenvalue weighted by Gasteiger charge is 2.58. The zero-order chi connectivity index (χ0) is 20.5. The van der Waals surface area contributed by atoms with Gasteiger partial charge >= 0.3 is 0 Å². The average molecular weight is 405 g/mol. The van der Waals surface area contributed by atoms with Crippen molar-refractivity contribution in [1.82, 2.24) is 4.98 Å². The first kappa shape index (κ1) is 19.0. The summed E-state index contributed by atoms with van der Waals surface area (Å²) < 4.78 is 16.7. The number of nitrogens with zero attached hydrogens (tertiary/aromatic N) is 2. The van der Waals surface area contributed by atoms with Crippen LogP contribution in [0.15, 0.2) is 36.5 Å². The number of hydrogen-bond donors (Lipinski definition) is 1. The fraction of sp³-hybridized carbons (Fsp3) is 0.435. The SMILES string of the molecule is N#Cc1cc(-c2ccnc(NC(=O)[C@H]3[C@@H]4COC[C@@H]43)c2)ccc1OC1CCOCC1. The highest BCUT2D eigenvalue weighted by Crippen LogP contribution is 2.51. The van der Waals surface area contributed by atoms with E-state index in [-0.39, 0.29) is 17.9 Å². The lowest BCUT2D eigenvalue weighted by atomic mass is 10.0. The first-order chi connectivity index (χ1) is 14.7. The zero-order valence-corrected chi connectivity index (χ0v) is 16.5. The van der Waals surface area contributed by atoms with E-state index in [0.717, 1.165) is 24.0 Å². The molecule has 7 nitrogen and oxygen atoms in total. The van der Waals surface area contributed by atoms with Gasteiger partial charge in [0.15, 0.2) is 0 Å². The molecule has 2 aliphatic heterocycles. The van der Waals surface area contributed by atoms with Gasteiger partial charge in [-0.3, -0.25) is 4.79 Å². The molecule has 5 rings (SSSR count). The van der Waals surface area contributed by atoms with Gasteiger partial charge in [-0.15, -0.1) is 0 Å². The Hall–Kier alpha value is -2.95. The monoisotopic (exact) mass is 405 g/mol. The molecule has 3 aliphatic rings. The maximum atomic E-state index is 12.5. The lowest BCUT2D eigenvalue weighted by molar-refractivity contribution is -0.118. The summed E-state index contributed by atoms with van der Waals surface area (Å²) in [4.78, 5) is 16.8. The molecule has 0 bridgehead atoms. The Balaban J connectivity index is 1.30. The maximum absolute atomic E-state index is 12.5. The summed E-state index contributed by atoms with van der Waals surface area (Å²) in [5.41, 5.74) is 2.25. The van der Waals surface area contributed by atoms with E-state index in [1.165, 1.54) is 0 Å². The third-order valence-corrected chi connectivity index (χ3v) is 6.16. The molecule has 3 fully saturated rings. The van der Waals surface area contributed by atoms with Gasteiger partial charge in [-0.05, 0) is 47.2 Å². The molecule has 1 N–H and O–H groups in total. The van der Waals surface area contributed by atoms with E-state index in [9.17, 15) is 10.1 Å². The maximum Gasteiger partial charge on any atom is 0.229 e. The summed E-state index contributed by atoms with van der Waals surface area (Å²) in [6.07, 6.45) is 3.40. The van der Waals surface area contributed by atoms with E-state index in [1.807, 2.05) is 30.3 Å². The van der Waals surface area contributed by atoms with Crippen molar-refractivity contribution in [1.29, 1.82) is 5.26 Å². The fourth-order valence-corrected chi connectivity index (χ4v) is 4.39. The van der Waals surface area contributed by atoms with E-state index >= 15 is 0 Å². The molecular weight excluding hydrogens is 382 g/mol. The first-order valence-corrected chi connectivity index (χ1v) is 10.4. The lowest BCUT2D eigenvalue weighted by Crippen LogP contribution is -2.26. The van der Waals surface area contributed by atoms with Crippen molar-refractivity contribution in [3.05, 3.63) is 42.1 Å². The standard InChI is InChI=1S/C23H23N3O4/c24-11-16-9-14(1-2-20(16)30-17-4-7-28-8-5-17)15-3-6-25-21(10-15)26-23(27)22-18-12-29-13-19(18)22/h1-3,6,9-10,17-19,22H,4-5,7-8,12-13H2,(H,25,26,27)/t18-,19+,22+. The molecule has 1 aromatic heterocycles. The lowest BCUT2D eigenvalue weighted by Gasteiger charge is -2.23. The van der Waals surface area contributed by atoms with Gasteiger partial charge in [-0.1, -0.05) is 6.07 Å². The van der Waals surface area contributed by atoms with Gasteiger partial charge in [-0.2, -0.15) is 5.26 Å². The van der Waals surface area contributed by atoms with Crippen LogP contribution in [0.2, 0.25) is 0 Å². The number of ether oxygens (including phenoxy) is 3. The van der Waals surface area contributed by atoms with Crippen LogP contribution in [-0.4, -0.2) is 43.4 Å². The van der Waals surface area contributed by atoms with Gasteiger partial charge in [0.2, 0.25) is 5.91 Å². The minimum Gasteiger partial charge on any atom is -0.489 e. The summed E-state index contributed by atoms with van der Waals surface area (Å²) in [6, 6.07) is 11.5. The van der Waals surface area contributed by atoms with Crippen LogP contribution in [0.1, 0.15) is 18.4 Å². The smallest absolute Gasteiger partial charge is 0.229 e. The molecule has 2 aromatic rings. The Labute approximate surface area is 175 Å². The molecule has 3 atom stereocenters. The minimum atomic E-state index is 0.0101. The number of rotatable bonds is 5. The van der Waals surface area contributed by atoms with Gasteiger partial charge in [0.25, 0.3) is 0 Å². The van der Waals surface area contributed by atoms with E-state index in [1.54, 1.807) is 6.20 Å². The van der Waals surface area contributed by atoms with Crippen molar-refractivity contribution in [2.75, 3.05) is 31.7 Å². The van der Waals surface area contributed by atoms with E-state index < -0.39 is 0 Å². The highest BCUT2D eigenvalue weighted by molar-refractivity contribution is 5.94. The molecule has 154 valence electrons. The predicted molar refractivity (Wildman–Crippen MR) is 109 cm³/mol. The van der Waals surface area contributed by atoms with Crippen LogP contribution >= 0.6 is 0 Å². The number of anilines is 1. The summed E-state index contributed by atoms with van der Waals surface area (Å²) in [6.45, 7) is 2.72. The fourth-order valence-electron chi connectivity index (χ4n) is 4.39. The summed E-state index contributed by atoms with van der Waals surface area (Å²) in [5, 5.41) is 12.5. The van der Waals surface area contributed by atoms with Crippen LogP contribution in [0.25, 0.3) is 11.1 Å². The largest absolute Gasteiger partial charge is 0.489 e. The zero-order valence-electron chi connectivity index (χ0n) is 16.5. The van der Waals surface area contributed by atoms with Crippen LogP contribution in [0, 0.1) is 29.1 Å². The number of nitriles is 1. The quantitative estimate of drug-likeness (QED) is 0.822. The first-order valence-electron chi connectivity index (χ1n) is 10.4. The van der Waals surface area contributed by atoms with E-state index in [0.29, 0.717) is 55.4 Å². The van der Waals surface area contributed by atoms with Crippen LogP contribution in [0.4, 0.5) is 5.82 Å². The third-order valence-electron chi connectivity index (χ3n) is 6.16. The molecule has 0 spiro atoms. The van der Waals surface area contributed by atoms with Gasteiger partial charge in [0, 0.05) is 25.0 Å². The second-order valence-corrected chi connectivity index (χ2v) is 8.06. The number of fused-ring (bicyclic) bond motifs is 1. The number of carbonyl (C=O) groups excluding carboxylic acids is 1. The van der Waals surface area contributed by atoms with Gasteiger partial charge in [0.05, 0.1) is 32.0 Å². The Morgan fingerprint density at radius 2 is 1.87 bits per heavy atom. The molecule has 0 radical (unpaired) electrons. The molecule has 1 saturated carbocycles. The minimum absolute atomic E-state index is 0.0101. The molecule has 1 aliphatic carbocycles. The van der Waals surface area contributed by atoms with Gasteiger partial charge in [-0.25, -0.2) is 4.98 Å². The second-order valence-electron chi connectivity index (χ2n) is 8.06. The van der Waals surface area contributed by atoms with Crippen molar-refractivity contribution in [3.8, 4) is 22.9 Å². The van der Waals surface area contributed by atoms with Crippen LogP contribution in [-0.2, 0) is 14.3 Å². The van der Waals surface area contributed by atoms with Crippen LogP contribution < -0.4 is 10.1 Å². The topological polar surface area (TPSA) is 93.5 Å². The Kier molecular flexibility index (Phi) is 5.11. The average Bonchev–Trinajstić information content (AvgIpc) is 3.27. The molecule has 7 heteroatoms. The number of hydrogen-bond acceptors (Lipinski definition) is 6. The summed E-state index contributed by atoms with van der Waals surface area (Å²) >= 11 is 0. The van der Waals surface area contributed by atoms with E-state index in [2.05, 4.69) is 16.4 Å². The number of aromatic nitrogens is 1.